The summed E-state index contributed by atoms with van der Waals surface area (Å²) in [6, 6.07) is 12.7. The van der Waals surface area contributed by atoms with Gasteiger partial charge in [0.25, 0.3) is 5.78 Å². The summed E-state index contributed by atoms with van der Waals surface area (Å²) in [6.07, 6.45) is -3.10. The zero-order valence-corrected chi connectivity index (χ0v) is 9.24. The normalized spacial score (nSPS) is 12.2. The number of alkyl halides is 3. The molecule has 0 radical (unpaired) electrons. The van der Waals surface area contributed by atoms with Gasteiger partial charge in [-0.1, -0.05) is 42.5 Å². The molecule has 2 aromatic rings. The molecule has 0 spiro atoms. The van der Waals surface area contributed by atoms with Gasteiger partial charge in [-0.05, 0) is 28.5 Å². The summed E-state index contributed by atoms with van der Waals surface area (Å²) in [5.41, 5.74) is 0.561. The summed E-state index contributed by atoms with van der Waals surface area (Å²) in [5, 5.41) is 1.91. The fourth-order valence-electron chi connectivity index (χ4n) is 1.58. The van der Waals surface area contributed by atoms with E-state index in [4.69, 9.17) is 0 Å². The number of carbonyl (C=O) groups excluding carboxylic acids is 1. The van der Waals surface area contributed by atoms with Crippen LogP contribution in [0.3, 0.4) is 0 Å². The molecular weight excluding hydrogens is 241 g/mol. The Balaban J connectivity index is 2.27. The predicted molar refractivity (Wildman–Crippen MR) is 64.0 cm³/mol. The van der Waals surface area contributed by atoms with Crippen LogP contribution in [0, 0.1) is 0 Å². The molecule has 0 bridgehead atoms. The monoisotopic (exact) mass is 250 g/mol. The lowest BCUT2D eigenvalue weighted by atomic mass is 10.1. The molecule has 0 atom stereocenters. The molecule has 2 aromatic carbocycles. The van der Waals surface area contributed by atoms with Gasteiger partial charge in [0.05, 0.1) is 0 Å². The van der Waals surface area contributed by atoms with Gasteiger partial charge in [-0.2, -0.15) is 13.2 Å². The Labute approximate surface area is 102 Å². The molecule has 0 aliphatic carbocycles. The van der Waals surface area contributed by atoms with Crippen LogP contribution in [0.2, 0.25) is 0 Å². The van der Waals surface area contributed by atoms with Crippen molar-refractivity contribution in [1.82, 2.24) is 0 Å². The number of ketones is 1. The molecule has 0 aliphatic rings. The zero-order chi connectivity index (χ0) is 13.2. The van der Waals surface area contributed by atoms with Crippen molar-refractivity contribution in [3.05, 3.63) is 54.1 Å². The Hall–Kier alpha value is -2.10. The molecule has 0 amide bonds. The zero-order valence-electron chi connectivity index (χ0n) is 9.24. The molecule has 4 heteroatoms. The minimum atomic E-state index is -4.81. The molecule has 0 heterocycles. The van der Waals surface area contributed by atoms with E-state index in [9.17, 15) is 18.0 Å². The van der Waals surface area contributed by atoms with E-state index in [2.05, 4.69) is 0 Å². The molecule has 1 nitrogen and oxygen atoms in total. The lowest BCUT2D eigenvalue weighted by Gasteiger charge is -2.01. The summed E-state index contributed by atoms with van der Waals surface area (Å²) in [6.45, 7) is 0. The lowest BCUT2D eigenvalue weighted by molar-refractivity contribution is -0.165. The standard InChI is InChI=1S/C14H9F3O/c15-14(16,17)13(18)8-6-10-5-7-11-3-1-2-4-12(11)9-10/h1-9H/b8-6+. The fourth-order valence-corrected chi connectivity index (χ4v) is 1.58. The number of carbonyl (C=O) groups is 1. The molecule has 0 saturated carbocycles. The summed E-state index contributed by atoms with van der Waals surface area (Å²) >= 11 is 0. The molecule has 0 aromatic heterocycles. The van der Waals surface area contributed by atoms with E-state index >= 15 is 0 Å². The van der Waals surface area contributed by atoms with Crippen LogP contribution in [0.4, 0.5) is 13.2 Å². The first-order chi connectivity index (χ1) is 8.47. The molecule has 92 valence electrons. The van der Waals surface area contributed by atoms with Gasteiger partial charge < -0.3 is 0 Å². The maximum Gasteiger partial charge on any atom is 0.454 e. The van der Waals surface area contributed by atoms with Crippen LogP contribution in [0.25, 0.3) is 16.8 Å². The van der Waals surface area contributed by atoms with E-state index in [1.54, 1.807) is 18.2 Å². The highest BCUT2D eigenvalue weighted by Crippen LogP contribution is 2.19. The largest absolute Gasteiger partial charge is 0.454 e. The van der Waals surface area contributed by atoms with Crippen molar-refractivity contribution in [2.75, 3.05) is 0 Å². The van der Waals surface area contributed by atoms with E-state index in [0.29, 0.717) is 11.6 Å². The Kier molecular flexibility index (Phi) is 3.19. The lowest BCUT2D eigenvalue weighted by Crippen LogP contribution is -2.19. The second-order valence-electron chi connectivity index (χ2n) is 3.80. The number of fused-ring (bicyclic) bond motifs is 1. The van der Waals surface area contributed by atoms with Crippen molar-refractivity contribution < 1.29 is 18.0 Å². The smallest absolute Gasteiger partial charge is 0.285 e. The van der Waals surface area contributed by atoms with E-state index in [0.717, 1.165) is 10.8 Å². The van der Waals surface area contributed by atoms with Crippen LogP contribution >= 0.6 is 0 Å². The number of allylic oxidation sites excluding steroid dienone is 1. The average Bonchev–Trinajstić information content (AvgIpc) is 2.34. The number of benzene rings is 2. The van der Waals surface area contributed by atoms with Gasteiger partial charge in [-0.15, -0.1) is 0 Å². The SMILES string of the molecule is O=C(/C=C/c1ccc2ccccc2c1)C(F)(F)F. The van der Waals surface area contributed by atoms with Crippen molar-refractivity contribution in [3.63, 3.8) is 0 Å². The highest BCUT2D eigenvalue weighted by molar-refractivity contribution is 5.98. The van der Waals surface area contributed by atoms with Crippen molar-refractivity contribution in [3.8, 4) is 0 Å². The average molecular weight is 250 g/mol. The van der Waals surface area contributed by atoms with Crippen molar-refractivity contribution in [2.45, 2.75) is 6.18 Å². The Morgan fingerprint density at radius 1 is 1.00 bits per heavy atom. The Bertz CT molecular complexity index is 612. The topological polar surface area (TPSA) is 17.1 Å². The third kappa shape index (κ3) is 2.77. The number of rotatable bonds is 2. The van der Waals surface area contributed by atoms with Gasteiger partial charge in [-0.3, -0.25) is 4.79 Å². The van der Waals surface area contributed by atoms with Crippen LogP contribution in [-0.4, -0.2) is 12.0 Å². The first-order valence-corrected chi connectivity index (χ1v) is 5.25. The molecule has 0 fully saturated rings. The predicted octanol–water partition coefficient (Wildman–Crippen LogP) is 3.98. The number of halogens is 3. The number of hydrogen-bond donors (Lipinski definition) is 0. The van der Waals surface area contributed by atoms with E-state index < -0.39 is 12.0 Å². The van der Waals surface area contributed by atoms with Crippen molar-refractivity contribution in [2.24, 2.45) is 0 Å². The molecule has 0 saturated heterocycles. The second kappa shape index (κ2) is 4.64. The minimum Gasteiger partial charge on any atom is -0.285 e. The molecule has 0 unspecified atom stereocenters. The van der Waals surface area contributed by atoms with Gasteiger partial charge >= 0.3 is 6.18 Å². The molecule has 0 aliphatic heterocycles. The quantitative estimate of drug-likeness (QED) is 0.737. The highest BCUT2D eigenvalue weighted by Gasteiger charge is 2.35. The molecule has 0 N–H and O–H groups in total. The summed E-state index contributed by atoms with van der Waals surface area (Å²) in [5.74, 6) is -1.85. The van der Waals surface area contributed by atoms with Crippen LogP contribution < -0.4 is 0 Å². The van der Waals surface area contributed by atoms with Crippen LogP contribution in [0.1, 0.15) is 5.56 Å². The Morgan fingerprint density at radius 2 is 1.67 bits per heavy atom. The first-order valence-electron chi connectivity index (χ1n) is 5.25. The minimum absolute atomic E-state index is 0.546. The van der Waals surface area contributed by atoms with Crippen LogP contribution in [0.15, 0.2) is 48.5 Å². The maximum absolute atomic E-state index is 12.0. The first kappa shape index (κ1) is 12.4. The van der Waals surface area contributed by atoms with Crippen LogP contribution in [0.5, 0.6) is 0 Å². The second-order valence-corrected chi connectivity index (χ2v) is 3.80. The third-order valence-electron chi connectivity index (χ3n) is 2.48. The van der Waals surface area contributed by atoms with Gasteiger partial charge in [-0.25, -0.2) is 0 Å². The fraction of sp³-hybridized carbons (Fsp3) is 0.0714. The van der Waals surface area contributed by atoms with Crippen molar-refractivity contribution >= 4 is 22.6 Å². The Morgan fingerprint density at radius 3 is 2.33 bits per heavy atom. The van der Waals surface area contributed by atoms with Gasteiger partial charge in [0.1, 0.15) is 0 Å². The summed E-state index contributed by atoms with van der Waals surface area (Å²) in [4.78, 5) is 10.7. The van der Waals surface area contributed by atoms with Crippen molar-refractivity contribution in [1.29, 1.82) is 0 Å². The molecular formula is C14H9F3O. The van der Waals surface area contributed by atoms with Gasteiger partial charge in [0.15, 0.2) is 0 Å². The number of hydrogen-bond acceptors (Lipinski definition) is 1. The van der Waals surface area contributed by atoms with E-state index in [1.807, 2.05) is 24.3 Å². The van der Waals surface area contributed by atoms with Crippen LogP contribution in [-0.2, 0) is 4.79 Å². The van der Waals surface area contributed by atoms with Gasteiger partial charge in [0.2, 0.25) is 0 Å². The highest BCUT2D eigenvalue weighted by atomic mass is 19.4. The summed E-state index contributed by atoms with van der Waals surface area (Å²) < 4.78 is 36.0. The molecule has 18 heavy (non-hydrogen) atoms. The maximum atomic E-state index is 12.0. The molecule has 2 rings (SSSR count). The van der Waals surface area contributed by atoms with E-state index in [-0.39, 0.29) is 0 Å². The van der Waals surface area contributed by atoms with E-state index in [1.165, 1.54) is 6.08 Å². The summed E-state index contributed by atoms with van der Waals surface area (Å²) in [7, 11) is 0. The third-order valence-corrected chi connectivity index (χ3v) is 2.48. The van der Waals surface area contributed by atoms with Gasteiger partial charge in [0, 0.05) is 0 Å².